The first-order valence-corrected chi connectivity index (χ1v) is 6.85. The molecule has 0 aliphatic heterocycles. The predicted molar refractivity (Wildman–Crippen MR) is 82.9 cm³/mol. The van der Waals surface area contributed by atoms with E-state index in [4.69, 9.17) is 0 Å². The van der Waals surface area contributed by atoms with Crippen LogP contribution in [0.4, 0.5) is 5.95 Å². The van der Waals surface area contributed by atoms with E-state index >= 15 is 0 Å². The third-order valence-corrected chi connectivity index (χ3v) is 3.20. The quantitative estimate of drug-likeness (QED) is 0.770. The van der Waals surface area contributed by atoms with Gasteiger partial charge in [-0.15, -0.1) is 0 Å². The fourth-order valence-electron chi connectivity index (χ4n) is 2.20. The van der Waals surface area contributed by atoms with Crippen molar-refractivity contribution in [2.45, 2.75) is 20.4 Å². The second kappa shape index (κ2) is 5.75. The molecule has 1 aromatic carbocycles. The van der Waals surface area contributed by atoms with E-state index in [-0.39, 0.29) is 0 Å². The van der Waals surface area contributed by atoms with Crippen LogP contribution >= 0.6 is 0 Å². The van der Waals surface area contributed by atoms with Gasteiger partial charge in [0.2, 0.25) is 5.95 Å². The monoisotopic (exact) mass is 279 g/mol. The predicted octanol–water partition coefficient (Wildman–Crippen LogP) is 3.10. The molecule has 3 rings (SSSR count). The topological polar surface area (TPSA) is 66.5 Å². The van der Waals surface area contributed by atoms with Crippen molar-refractivity contribution in [1.29, 1.82) is 0 Å². The maximum absolute atomic E-state index is 4.37. The molecular formula is C16H17N5. The molecule has 3 aromatic rings. The van der Waals surface area contributed by atoms with Crippen molar-refractivity contribution in [3.63, 3.8) is 0 Å². The first-order valence-electron chi connectivity index (χ1n) is 6.85. The molecule has 0 atom stereocenters. The largest absolute Gasteiger partial charge is 0.350 e. The normalized spacial score (nSPS) is 10.6. The molecule has 2 aromatic heterocycles. The molecule has 0 saturated heterocycles. The van der Waals surface area contributed by atoms with E-state index in [1.807, 2.05) is 26.0 Å². The first kappa shape index (κ1) is 13.3. The molecule has 0 unspecified atom stereocenters. The summed E-state index contributed by atoms with van der Waals surface area (Å²) >= 11 is 0. The number of aromatic nitrogens is 4. The minimum absolute atomic E-state index is 0.671. The zero-order chi connectivity index (χ0) is 14.7. The molecule has 0 aliphatic carbocycles. The molecule has 0 bridgehead atoms. The Kier molecular flexibility index (Phi) is 3.64. The van der Waals surface area contributed by atoms with Gasteiger partial charge in [0.15, 0.2) is 0 Å². The molecule has 2 heterocycles. The van der Waals surface area contributed by atoms with E-state index in [0.29, 0.717) is 12.5 Å². The number of anilines is 1. The number of H-pyrrole nitrogens is 1. The maximum Gasteiger partial charge on any atom is 0.223 e. The van der Waals surface area contributed by atoms with Gasteiger partial charge >= 0.3 is 0 Å². The van der Waals surface area contributed by atoms with Crippen LogP contribution < -0.4 is 5.32 Å². The number of nitrogens with one attached hydrogen (secondary N) is 2. The van der Waals surface area contributed by atoms with Crippen molar-refractivity contribution in [3.8, 4) is 11.3 Å². The Hall–Kier alpha value is -2.69. The lowest BCUT2D eigenvalue weighted by Crippen LogP contribution is -2.05. The average Bonchev–Trinajstić information content (AvgIpc) is 2.99. The summed E-state index contributed by atoms with van der Waals surface area (Å²) in [5.41, 5.74) is 5.27. The Morgan fingerprint density at radius 3 is 2.33 bits per heavy atom. The summed E-state index contributed by atoms with van der Waals surface area (Å²) in [4.78, 5) is 8.74. The molecule has 0 amide bonds. The molecule has 0 spiro atoms. The highest BCUT2D eigenvalue weighted by atomic mass is 15.1. The van der Waals surface area contributed by atoms with Crippen LogP contribution in [0.1, 0.15) is 17.0 Å². The van der Waals surface area contributed by atoms with Gasteiger partial charge in [0, 0.05) is 24.1 Å². The summed E-state index contributed by atoms with van der Waals surface area (Å²) in [6.07, 6.45) is 1.75. The fourth-order valence-corrected chi connectivity index (χ4v) is 2.20. The van der Waals surface area contributed by atoms with Gasteiger partial charge in [-0.1, -0.05) is 24.3 Å². The summed E-state index contributed by atoms with van der Waals surface area (Å²) in [5.74, 6) is 0.671. The number of hydrogen-bond acceptors (Lipinski definition) is 4. The van der Waals surface area contributed by atoms with Crippen LogP contribution in [0.3, 0.4) is 0 Å². The second-order valence-corrected chi connectivity index (χ2v) is 5.00. The summed E-state index contributed by atoms with van der Waals surface area (Å²) in [6.45, 7) is 4.64. The van der Waals surface area contributed by atoms with Crippen LogP contribution in [0.5, 0.6) is 0 Å². The van der Waals surface area contributed by atoms with Crippen molar-refractivity contribution in [3.05, 3.63) is 59.5 Å². The van der Waals surface area contributed by atoms with Crippen molar-refractivity contribution >= 4 is 5.95 Å². The van der Waals surface area contributed by atoms with Crippen molar-refractivity contribution in [1.82, 2.24) is 20.2 Å². The molecular weight excluding hydrogens is 262 g/mol. The van der Waals surface area contributed by atoms with Crippen LogP contribution in [0, 0.1) is 13.8 Å². The standard InChI is InChI=1S/C16H17N5/c1-11-9-12(2)20-16(19-11)17-10-13-3-5-14(6-4-13)15-7-8-18-21-15/h3-9H,10H2,1-2H3,(H,18,21)(H,17,19,20). The number of benzene rings is 1. The third-order valence-electron chi connectivity index (χ3n) is 3.20. The highest BCUT2D eigenvalue weighted by Gasteiger charge is 2.01. The van der Waals surface area contributed by atoms with E-state index in [1.165, 1.54) is 5.56 Å². The van der Waals surface area contributed by atoms with Gasteiger partial charge in [-0.2, -0.15) is 5.10 Å². The molecule has 5 nitrogen and oxygen atoms in total. The van der Waals surface area contributed by atoms with Crippen LogP contribution in [-0.4, -0.2) is 20.2 Å². The van der Waals surface area contributed by atoms with E-state index in [2.05, 4.69) is 49.7 Å². The molecule has 0 aliphatic rings. The SMILES string of the molecule is Cc1cc(C)nc(NCc2ccc(-c3ccn[nH]3)cc2)n1. The summed E-state index contributed by atoms with van der Waals surface area (Å²) < 4.78 is 0. The minimum Gasteiger partial charge on any atom is -0.350 e. The van der Waals surface area contributed by atoms with Crippen LogP contribution in [0.25, 0.3) is 11.3 Å². The maximum atomic E-state index is 4.37. The van der Waals surface area contributed by atoms with E-state index in [1.54, 1.807) is 6.20 Å². The smallest absolute Gasteiger partial charge is 0.223 e. The van der Waals surface area contributed by atoms with Gasteiger partial charge in [0.1, 0.15) is 0 Å². The van der Waals surface area contributed by atoms with Crippen LogP contribution in [-0.2, 0) is 6.54 Å². The number of aryl methyl sites for hydroxylation is 2. The Labute approximate surface area is 123 Å². The summed E-state index contributed by atoms with van der Waals surface area (Å²) in [7, 11) is 0. The van der Waals surface area contributed by atoms with E-state index in [9.17, 15) is 0 Å². The molecule has 0 radical (unpaired) electrons. The van der Waals surface area contributed by atoms with Crippen molar-refractivity contribution in [2.75, 3.05) is 5.32 Å². The zero-order valence-corrected chi connectivity index (χ0v) is 12.1. The molecule has 0 saturated carbocycles. The third kappa shape index (κ3) is 3.25. The zero-order valence-electron chi connectivity index (χ0n) is 12.1. The lowest BCUT2D eigenvalue weighted by atomic mass is 10.1. The summed E-state index contributed by atoms with van der Waals surface area (Å²) in [6, 6.07) is 12.2. The van der Waals surface area contributed by atoms with Gasteiger partial charge in [0.25, 0.3) is 0 Å². The number of aromatic amines is 1. The second-order valence-electron chi connectivity index (χ2n) is 5.00. The van der Waals surface area contributed by atoms with Gasteiger partial charge in [-0.3, -0.25) is 5.10 Å². The first-order chi connectivity index (χ1) is 10.2. The highest BCUT2D eigenvalue weighted by Crippen LogP contribution is 2.17. The summed E-state index contributed by atoms with van der Waals surface area (Å²) in [5, 5.41) is 10.2. The van der Waals surface area contributed by atoms with Gasteiger partial charge in [-0.25, -0.2) is 9.97 Å². The van der Waals surface area contributed by atoms with Gasteiger partial charge in [0.05, 0.1) is 5.69 Å². The Balaban J connectivity index is 1.68. The van der Waals surface area contributed by atoms with Crippen LogP contribution in [0.2, 0.25) is 0 Å². The number of rotatable bonds is 4. The van der Waals surface area contributed by atoms with Crippen LogP contribution in [0.15, 0.2) is 42.6 Å². The molecule has 5 heteroatoms. The van der Waals surface area contributed by atoms with E-state index in [0.717, 1.165) is 22.6 Å². The fraction of sp³-hybridized carbons (Fsp3) is 0.188. The number of nitrogens with zero attached hydrogens (tertiary/aromatic N) is 3. The Morgan fingerprint density at radius 2 is 1.71 bits per heavy atom. The molecule has 2 N–H and O–H groups in total. The average molecular weight is 279 g/mol. The molecule has 0 fully saturated rings. The van der Waals surface area contributed by atoms with E-state index < -0.39 is 0 Å². The Morgan fingerprint density at radius 1 is 1.00 bits per heavy atom. The number of hydrogen-bond donors (Lipinski definition) is 2. The lowest BCUT2D eigenvalue weighted by molar-refractivity contribution is 1.00. The van der Waals surface area contributed by atoms with Crippen molar-refractivity contribution < 1.29 is 0 Å². The van der Waals surface area contributed by atoms with Gasteiger partial charge < -0.3 is 5.32 Å². The lowest BCUT2D eigenvalue weighted by Gasteiger charge is -2.07. The highest BCUT2D eigenvalue weighted by molar-refractivity contribution is 5.58. The Bertz CT molecular complexity index is 697. The minimum atomic E-state index is 0.671. The molecule has 106 valence electrons. The van der Waals surface area contributed by atoms with Crippen molar-refractivity contribution in [2.24, 2.45) is 0 Å². The van der Waals surface area contributed by atoms with Gasteiger partial charge in [-0.05, 0) is 37.1 Å². The molecule has 21 heavy (non-hydrogen) atoms.